The number of rotatable bonds is 5. The molecule has 0 spiro atoms. The van der Waals surface area contributed by atoms with Crippen molar-refractivity contribution < 1.29 is 0 Å². The van der Waals surface area contributed by atoms with Crippen molar-refractivity contribution in [2.45, 2.75) is 47.0 Å². The lowest BCUT2D eigenvalue weighted by molar-refractivity contribution is 0.586. The maximum atomic E-state index is 2.29. The molecule has 15 heavy (non-hydrogen) atoms. The molecule has 0 heterocycles. The minimum atomic E-state index is 0.756. The summed E-state index contributed by atoms with van der Waals surface area (Å²) in [5.41, 5.74) is 2.95. The highest BCUT2D eigenvalue weighted by Crippen LogP contribution is 2.12. The first-order chi connectivity index (χ1) is 7.08. The van der Waals surface area contributed by atoms with E-state index in [1.165, 1.54) is 30.4 Å². The maximum absolute atomic E-state index is 2.29. The molecule has 0 fully saturated rings. The van der Waals surface area contributed by atoms with Gasteiger partial charge in [0, 0.05) is 0 Å². The summed E-state index contributed by atoms with van der Waals surface area (Å²) in [6, 6.07) is 9.16. The molecule has 0 atom stereocenters. The predicted octanol–water partition coefficient (Wildman–Crippen LogP) is 4.47. The Morgan fingerprint density at radius 1 is 0.800 bits per heavy atom. The van der Waals surface area contributed by atoms with Crippen molar-refractivity contribution in [2.75, 3.05) is 0 Å². The molecule has 0 nitrogen and oxygen atoms in total. The minimum absolute atomic E-state index is 0.756. The van der Waals surface area contributed by atoms with Gasteiger partial charge in [-0.1, -0.05) is 52.0 Å². The monoisotopic (exact) mass is 204 g/mol. The fourth-order valence-corrected chi connectivity index (χ4v) is 1.77. The van der Waals surface area contributed by atoms with Crippen LogP contribution in [0.15, 0.2) is 24.3 Å². The van der Waals surface area contributed by atoms with E-state index < -0.39 is 0 Å². The van der Waals surface area contributed by atoms with Crippen LogP contribution in [0.1, 0.15) is 45.2 Å². The summed E-state index contributed by atoms with van der Waals surface area (Å²) in [5, 5.41) is 0. The van der Waals surface area contributed by atoms with Gasteiger partial charge in [0.1, 0.15) is 0 Å². The Kier molecular flexibility index (Phi) is 4.87. The van der Waals surface area contributed by atoms with Gasteiger partial charge in [0.15, 0.2) is 0 Å². The third-order valence-electron chi connectivity index (χ3n) is 2.68. The first-order valence-corrected chi connectivity index (χ1v) is 6.15. The van der Waals surface area contributed by atoms with Gasteiger partial charge in [-0.3, -0.25) is 0 Å². The van der Waals surface area contributed by atoms with Gasteiger partial charge in [0.25, 0.3) is 0 Å². The highest BCUT2D eigenvalue weighted by atomic mass is 14.0. The summed E-state index contributed by atoms with van der Waals surface area (Å²) in [7, 11) is 0. The van der Waals surface area contributed by atoms with Crippen molar-refractivity contribution in [3.8, 4) is 0 Å². The van der Waals surface area contributed by atoms with Crippen LogP contribution in [0.2, 0.25) is 0 Å². The Labute approximate surface area is 94.7 Å². The molecule has 1 rings (SSSR count). The van der Waals surface area contributed by atoms with E-state index in [1.807, 2.05) is 0 Å². The standard InChI is InChI=1S/C15H24/c1-12(2)5-6-14-7-9-15(10-8-14)11-13(3)4/h7-10,12-13H,5-6,11H2,1-4H3. The van der Waals surface area contributed by atoms with Crippen molar-refractivity contribution in [1.29, 1.82) is 0 Å². The lowest BCUT2D eigenvalue weighted by Gasteiger charge is -2.07. The summed E-state index contributed by atoms with van der Waals surface area (Å²) in [6.07, 6.45) is 3.72. The molecule has 0 unspecified atom stereocenters. The Bertz CT molecular complexity index is 267. The van der Waals surface area contributed by atoms with E-state index in [4.69, 9.17) is 0 Å². The molecule has 0 saturated carbocycles. The average Bonchev–Trinajstić information content (AvgIpc) is 2.16. The van der Waals surface area contributed by atoms with Gasteiger partial charge < -0.3 is 0 Å². The maximum Gasteiger partial charge on any atom is -0.0256 e. The smallest absolute Gasteiger partial charge is 0.0256 e. The quantitative estimate of drug-likeness (QED) is 0.663. The Morgan fingerprint density at radius 3 is 1.80 bits per heavy atom. The van der Waals surface area contributed by atoms with Crippen LogP contribution in [-0.4, -0.2) is 0 Å². The number of hydrogen-bond acceptors (Lipinski definition) is 0. The number of benzene rings is 1. The largest absolute Gasteiger partial charge is 0.0628 e. The molecule has 0 aliphatic carbocycles. The van der Waals surface area contributed by atoms with Crippen molar-refractivity contribution in [3.05, 3.63) is 35.4 Å². The highest BCUT2D eigenvalue weighted by Gasteiger charge is 1.99. The van der Waals surface area contributed by atoms with Crippen molar-refractivity contribution in [2.24, 2.45) is 11.8 Å². The first-order valence-electron chi connectivity index (χ1n) is 6.15. The number of aryl methyl sites for hydroxylation is 1. The fourth-order valence-electron chi connectivity index (χ4n) is 1.77. The molecule has 0 radical (unpaired) electrons. The lowest BCUT2D eigenvalue weighted by Crippen LogP contribution is -1.95. The van der Waals surface area contributed by atoms with Gasteiger partial charge in [0.2, 0.25) is 0 Å². The van der Waals surface area contributed by atoms with Crippen LogP contribution in [0.4, 0.5) is 0 Å². The van der Waals surface area contributed by atoms with Gasteiger partial charge >= 0.3 is 0 Å². The summed E-state index contributed by atoms with van der Waals surface area (Å²) in [6.45, 7) is 9.11. The zero-order valence-electron chi connectivity index (χ0n) is 10.6. The molecule has 0 bridgehead atoms. The SMILES string of the molecule is CC(C)CCc1ccc(CC(C)C)cc1. The Hall–Kier alpha value is -0.780. The fraction of sp³-hybridized carbons (Fsp3) is 0.600. The Balaban J connectivity index is 2.49. The van der Waals surface area contributed by atoms with Crippen LogP contribution < -0.4 is 0 Å². The highest BCUT2D eigenvalue weighted by molar-refractivity contribution is 5.22. The van der Waals surface area contributed by atoms with E-state index in [2.05, 4.69) is 52.0 Å². The first kappa shape index (κ1) is 12.3. The molecule has 0 aliphatic heterocycles. The average molecular weight is 204 g/mol. The van der Waals surface area contributed by atoms with Crippen LogP contribution in [0.5, 0.6) is 0 Å². The molecular formula is C15H24. The van der Waals surface area contributed by atoms with E-state index in [0.29, 0.717) is 0 Å². The van der Waals surface area contributed by atoms with E-state index in [1.54, 1.807) is 0 Å². The zero-order valence-corrected chi connectivity index (χ0v) is 10.6. The summed E-state index contributed by atoms with van der Waals surface area (Å²) < 4.78 is 0. The van der Waals surface area contributed by atoms with Crippen molar-refractivity contribution in [1.82, 2.24) is 0 Å². The number of hydrogen-bond donors (Lipinski definition) is 0. The molecule has 0 amide bonds. The lowest BCUT2D eigenvalue weighted by atomic mass is 9.98. The second kappa shape index (κ2) is 5.95. The van der Waals surface area contributed by atoms with E-state index in [9.17, 15) is 0 Å². The van der Waals surface area contributed by atoms with Gasteiger partial charge in [-0.2, -0.15) is 0 Å². The van der Waals surface area contributed by atoms with E-state index in [-0.39, 0.29) is 0 Å². The normalized spacial score (nSPS) is 11.3. The van der Waals surface area contributed by atoms with Crippen molar-refractivity contribution >= 4 is 0 Å². The zero-order chi connectivity index (χ0) is 11.3. The molecule has 0 saturated heterocycles. The third kappa shape index (κ3) is 5.01. The van der Waals surface area contributed by atoms with Gasteiger partial charge in [-0.05, 0) is 42.2 Å². The molecule has 1 aromatic rings. The molecule has 0 heteroatoms. The summed E-state index contributed by atoms with van der Waals surface area (Å²) >= 11 is 0. The van der Waals surface area contributed by atoms with Crippen LogP contribution in [0.25, 0.3) is 0 Å². The second-order valence-corrected chi connectivity index (χ2v) is 5.35. The third-order valence-corrected chi connectivity index (χ3v) is 2.68. The topological polar surface area (TPSA) is 0 Å². The van der Waals surface area contributed by atoms with Crippen LogP contribution >= 0.6 is 0 Å². The van der Waals surface area contributed by atoms with Gasteiger partial charge in [-0.25, -0.2) is 0 Å². The predicted molar refractivity (Wildman–Crippen MR) is 68.1 cm³/mol. The molecule has 0 N–H and O–H groups in total. The van der Waals surface area contributed by atoms with E-state index >= 15 is 0 Å². The molecule has 84 valence electrons. The van der Waals surface area contributed by atoms with Gasteiger partial charge in [0.05, 0.1) is 0 Å². The summed E-state index contributed by atoms with van der Waals surface area (Å²) in [4.78, 5) is 0. The van der Waals surface area contributed by atoms with Crippen LogP contribution in [0, 0.1) is 11.8 Å². The summed E-state index contributed by atoms with van der Waals surface area (Å²) in [5.74, 6) is 1.56. The molecule has 0 aromatic heterocycles. The Morgan fingerprint density at radius 2 is 1.33 bits per heavy atom. The van der Waals surface area contributed by atoms with Crippen LogP contribution in [-0.2, 0) is 12.8 Å². The molecular weight excluding hydrogens is 180 g/mol. The van der Waals surface area contributed by atoms with E-state index in [0.717, 1.165) is 11.8 Å². The second-order valence-electron chi connectivity index (χ2n) is 5.35. The van der Waals surface area contributed by atoms with Crippen LogP contribution in [0.3, 0.4) is 0 Å². The molecule has 1 aromatic carbocycles. The minimum Gasteiger partial charge on any atom is -0.0628 e. The molecule has 0 aliphatic rings. The van der Waals surface area contributed by atoms with Crippen molar-refractivity contribution in [3.63, 3.8) is 0 Å². The van der Waals surface area contributed by atoms with Gasteiger partial charge in [-0.15, -0.1) is 0 Å².